The van der Waals surface area contributed by atoms with Gasteiger partial charge >= 0.3 is 0 Å². The first-order valence-electron chi connectivity index (χ1n) is 10.3. The van der Waals surface area contributed by atoms with E-state index in [1.54, 1.807) is 18.9 Å². The SMILES string of the molecule is COc1ccc2nc(C(=O)N3CCC(C)CC3)cc(Nc3cccc(SC)c3)c2c1. The molecule has 5 nitrogen and oxygen atoms in total. The molecule has 1 aliphatic heterocycles. The standard InChI is InChI=1S/C24H27N3O2S/c1-16-9-11-27(12-10-16)24(28)23-15-22(25-17-5-4-6-19(13-17)30-3)20-14-18(29-2)7-8-21(20)26-23/h4-8,13-16H,9-12H2,1-3H3,(H,25,26). The normalized spacial score (nSPS) is 14.7. The monoisotopic (exact) mass is 421 g/mol. The van der Waals surface area contributed by atoms with Gasteiger partial charge in [0, 0.05) is 29.1 Å². The average Bonchev–Trinajstić information content (AvgIpc) is 2.79. The number of pyridine rings is 1. The molecule has 1 N–H and O–H groups in total. The van der Waals surface area contributed by atoms with E-state index in [1.165, 1.54) is 4.90 Å². The lowest BCUT2D eigenvalue weighted by atomic mass is 9.99. The topological polar surface area (TPSA) is 54.5 Å². The Morgan fingerprint density at radius 2 is 1.97 bits per heavy atom. The van der Waals surface area contributed by atoms with E-state index < -0.39 is 0 Å². The zero-order valence-electron chi connectivity index (χ0n) is 17.6. The van der Waals surface area contributed by atoms with Crippen LogP contribution in [0.2, 0.25) is 0 Å². The molecule has 1 aromatic heterocycles. The van der Waals surface area contributed by atoms with Crippen molar-refractivity contribution in [3.8, 4) is 5.75 Å². The molecule has 6 heteroatoms. The van der Waals surface area contributed by atoms with E-state index in [1.807, 2.05) is 41.3 Å². The molecule has 30 heavy (non-hydrogen) atoms. The average molecular weight is 422 g/mol. The summed E-state index contributed by atoms with van der Waals surface area (Å²) in [6.07, 6.45) is 4.15. The number of ether oxygens (including phenoxy) is 1. The lowest BCUT2D eigenvalue weighted by Gasteiger charge is -2.30. The van der Waals surface area contributed by atoms with Gasteiger partial charge in [0.05, 0.1) is 18.3 Å². The second-order valence-corrected chi connectivity index (χ2v) is 8.65. The van der Waals surface area contributed by atoms with E-state index in [2.05, 4.69) is 35.6 Å². The van der Waals surface area contributed by atoms with Crippen LogP contribution in [-0.2, 0) is 0 Å². The van der Waals surface area contributed by atoms with Gasteiger partial charge in [-0.15, -0.1) is 11.8 Å². The molecule has 0 bridgehead atoms. The van der Waals surface area contributed by atoms with Gasteiger partial charge in [-0.2, -0.15) is 0 Å². The van der Waals surface area contributed by atoms with Crippen LogP contribution >= 0.6 is 11.8 Å². The van der Waals surface area contributed by atoms with Crippen LogP contribution in [0.3, 0.4) is 0 Å². The molecule has 1 aliphatic rings. The highest BCUT2D eigenvalue weighted by Gasteiger charge is 2.23. The molecule has 1 amide bonds. The predicted molar refractivity (Wildman–Crippen MR) is 124 cm³/mol. The summed E-state index contributed by atoms with van der Waals surface area (Å²) >= 11 is 1.70. The molecule has 0 unspecified atom stereocenters. The summed E-state index contributed by atoms with van der Waals surface area (Å²) in [5.74, 6) is 1.43. The molecule has 1 fully saturated rings. The Hall–Kier alpha value is -2.73. The van der Waals surface area contributed by atoms with Crippen LogP contribution < -0.4 is 10.1 Å². The molecular formula is C24H27N3O2S. The van der Waals surface area contributed by atoms with Gasteiger partial charge in [-0.05, 0) is 67.5 Å². The second-order valence-electron chi connectivity index (χ2n) is 7.77. The van der Waals surface area contributed by atoms with Gasteiger partial charge in [0.25, 0.3) is 5.91 Å². The summed E-state index contributed by atoms with van der Waals surface area (Å²) in [5.41, 5.74) is 3.08. The van der Waals surface area contributed by atoms with E-state index in [9.17, 15) is 4.79 Å². The summed E-state index contributed by atoms with van der Waals surface area (Å²) in [4.78, 5) is 21.0. The van der Waals surface area contributed by atoms with E-state index in [4.69, 9.17) is 4.74 Å². The van der Waals surface area contributed by atoms with Crippen LogP contribution in [0.15, 0.2) is 53.4 Å². The third-order valence-corrected chi connectivity index (χ3v) is 6.38. The number of benzene rings is 2. The molecule has 0 saturated carbocycles. The minimum absolute atomic E-state index is 0.000493. The van der Waals surface area contributed by atoms with Crippen LogP contribution in [-0.4, -0.2) is 42.2 Å². The van der Waals surface area contributed by atoms with Crippen molar-refractivity contribution in [1.82, 2.24) is 9.88 Å². The van der Waals surface area contributed by atoms with Crippen molar-refractivity contribution < 1.29 is 9.53 Å². The van der Waals surface area contributed by atoms with Gasteiger partial charge in [-0.1, -0.05) is 13.0 Å². The highest BCUT2D eigenvalue weighted by molar-refractivity contribution is 7.98. The Morgan fingerprint density at radius 1 is 1.17 bits per heavy atom. The third kappa shape index (κ3) is 4.38. The van der Waals surface area contributed by atoms with Crippen molar-refractivity contribution in [2.45, 2.75) is 24.7 Å². The number of methoxy groups -OCH3 is 1. The van der Waals surface area contributed by atoms with Gasteiger partial charge in [0.2, 0.25) is 0 Å². The Morgan fingerprint density at radius 3 is 2.70 bits per heavy atom. The molecular weight excluding hydrogens is 394 g/mol. The lowest BCUT2D eigenvalue weighted by molar-refractivity contribution is 0.0691. The fraction of sp³-hybridized carbons (Fsp3) is 0.333. The van der Waals surface area contributed by atoms with Crippen LogP contribution in [0.1, 0.15) is 30.3 Å². The number of amides is 1. The molecule has 0 aliphatic carbocycles. The van der Waals surface area contributed by atoms with E-state index in [0.717, 1.165) is 54.0 Å². The first-order chi connectivity index (χ1) is 14.6. The largest absolute Gasteiger partial charge is 0.497 e. The fourth-order valence-corrected chi connectivity index (χ4v) is 4.23. The number of hydrogen-bond donors (Lipinski definition) is 1. The molecule has 0 radical (unpaired) electrons. The number of aromatic nitrogens is 1. The molecule has 0 spiro atoms. The molecule has 4 rings (SSSR count). The van der Waals surface area contributed by atoms with Crippen molar-refractivity contribution in [3.63, 3.8) is 0 Å². The number of nitrogens with zero attached hydrogens (tertiary/aromatic N) is 2. The van der Waals surface area contributed by atoms with Crippen molar-refractivity contribution >= 4 is 39.9 Å². The number of nitrogens with one attached hydrogen (secondary N) is 1. The molecule has 156 valence electrons. The minimum Gasteiger partial charge on any atom is -0.497 e. The lowest BCUT2D eigenvalue weighted by Crippen LogP contribution is -2.38. The highest BCUT2D eigenvalue weighted by Crippen LogP contribution is 2.31. The Labute approximate surface area is 181 Å². The Kier molecular flexibility index (Phi) is 6.13. The summed E-state index contributed by atoms with van der Waals surface area (Å²) in [7, 11) is 1.65. The number of hydrogen-bond acceptors (Lipinski definition) is 5. The zero-order chi connectivity index (χ0) is 21.1. The zero-order valence-corrected chi connectivity index (χ0v) is 18.5. The molecule has 2 aromatic carbocycles. The summed E-state index contributed by atoms with van der Waals surface area (Å²) in [5, 5.41) is 4.42. The first-order valence-corrected chi connectivity index (χ1v) is 11.5. The first kappa shape index (κ1) is 20.5. The number of carbonyl (C=O) groups is 1. The van der Waals surface area contributed by atoms with Crippen molar-refractivity contribution in [2.75, 3.05) is 31.8 Å². The summed E-state index contributed by atoms with van der Waals surface area (Å²) in [6, 6.07) is 15.9. The van der Waals surface area contributed by atoms with Crippen molar-refractivity contribution in [3.05, 3.63) is 54.2 Å². The van der Waals surface area contributed by atoms with Crippen molar-refractivity contribution in [1.29, 1.82) is 0 Å². The van der Waals surface area contributed by atoms with Crippen LogP contribution in [0.5, 0.6) is 5.75 Å². The molecule has 0 atom stereocenters. The number of carbonyl (C=O) groups excluding carboxylic acids is 1. The Bertz CT molecular complexity index is 1060. The maximum absolute atomic E-state index is 13.2. The van der Waals surface area contributed by atoms with Gasteiger partial charge < -0.3 is 15.0 Å². The summed E-state index contributed by atoms with van der Waals surface area (Å²) in [6.45, 7) is 3.83. The molecule has 2 heterocycles. The third-order valence-electron chi connectivity index (χ3n) is 5.65. The van der Waals surface area contributed by atoms with E-state index in [-0.39, 0.29) is 5.91 Å². The number of likely N-dealkylation sites (tertiary alicyclic amines) is 1. The Balaban J connectivity index is 1.74. The smallest absolute Gasteiger partial charge is 0.272 e. The molecule has 1 saturated heterocycles. The number of anilines is 2. The van der Waals surface area contributed by atoms with E-state index >= 15 is 0 Å². The van der Waals surface area contributed by atoms with Gasteiger partial charge in [-0.3, -0.25) is 4.79 Å². The maximum Gasteiger partial charge on any atom is 0.272 e. The van der Waals surface area contributed by atoms with Gasteiger partial charge in [-0.25, -0.2) is 4.98 Å². The van der Waals surface area contributed by atoms with Crippen LogP contribution in [0.25, 0.3) is 10.9 Å². The predicted octanol–water partition coefficient (Wildman–Crippen LogP) is 5.58. The van der Waals surface area contributed by atoms with Crippen molar-refractivity contribution in [2.24, 2.45) is 5.92 Å². The number of fused-ring (bicyclic) bond motifs is 1. The van der Waals surface area contributed by atoms with E-state index in [0.29, 0.717) is 11.6 Å². The highest BCUT2D eigenvalue weighted by atomic mass is 32.2. The molecule has 3 aromatic rings. The summed E-state index contributed by atoms with van der Waals surface area (Å²) < 4.78 is 5.41. The minimum atomic E-state index is 0.000493. The fourth-order valence-electron chi connectivity index (χ4n) is 3.77. The number of rotatable bonds is 5. The van der Waals surface area contributed by atoms with Crippen LogP contribution in [0, 0.1) is 5.92 Å². The van der Waals surface area contributed by atoms with Gasteiger partial charge in [0.15, 0.2) is 0 Å². The quantitative estimate of drug-likeness (QED) is 0.545. The van der Waals surface area contributed by atoms with Gasteiger partial charge in [0.1, 0.15) is 11.4 Å². The second kappa shape index (κ2) is 8.96. The van der Waals surface area contributed by atoms with Crippen LogP contribution in [0.4, 0.5) is 11.4 Å². The number of piperidine rings is 1. The number of thioether (sulfide) groups is 1. The maximum atomic E-state index is 13.2.